The van der Waals surface area contributed by atoms with Crippen molar-refractivity contribution < 1.29 is 9.59 Å². The lowest BCUT2D eigenvalue weighted by atomic mass is 10.4. The van der Waals surface area contributed by atoms with Crippen LogP contribution in [0.15, 0.2) is 12.5 Å². The van der Waals surface area contributed by atoms with Crippen molar-refractivity contribution in [3.63, 3.8) is 0 Å². The third-order valence-electron chi connectivity index (χ3n) is 1.36. The van der Waals surface area contributed by atoms with Crippen molar-refractivity contribution in [1.82, 2.24) is 14.9 Å². The number of nitrogens with one attached hydrogen (secondary N) is 1. The van der Waals surface area contributed by atoms with Crippen LogP contribution < -0.4 is 11.1 Å². The molecule has 0 radical (unpaired) electrons. The molecule has 1 aromatic rings. The van der Waals surface area contributed by atoms with Crippen LogP contribution in [0.25, 0.3) is 0 Å². The first-order chi connectivity index (χ1) is 6.09. The molecule has 0 unspecified atom stereocenters. The van der Waals surface area contributed by atoms with E-state index < -0.39 is 11.8 Å². The van der Waals surface area contributed by atoms with Gasteiger partial charge in [-0.05, 0) is 0 Å². The van der Waals surface area contributed by atoms with E-state index in [4.69, 9.17) is 5.73 Å². The molecule has 0 aliphatic rings. The van der Waals surface area contributed by atoms with Crippen LogP contribution in [-0.2, 0) is 11.8 Å². The molecule has 0 atom stereocenters. The summed E-state index contributed by atoms with van der Waals surface area (Å²) in [6, 6.07) is 0. The van der Waals surface area contributed by atoms with Gasteiger partial charge in [0, 0.05) is 13.2 Å². The summed E-state index contributed by atoms with van der Waals surface area (Å²) in [5, 5.41) is 2.32. The number of carbonyl (C=O) groups is 2. The molecule has 13 heavy (non-hydrogen) atoms. The highest BCUT2D eigenvalue weighted by atomic mass is 16.2. The van der Waals surface area contributed by atoms with Crippen LogP contribution in [-0.4, -0.2) is 27.9 Å². The Labute approximate surface area is 74.7 Å². The number of carbonyl (C=O) groups excluding carboxylic acids is 2. The number of hydrogen-bond donors (Lipinski definition) is 2. The smallest absolute Gasteiger partial charge is 0.271 e. The van der Waals surface area contributed by atoms with Gasteiger partial charge < -0.3 is 15.6 Å². The van der Waals surface area contributed by atoms with Crippen LogP contribution >= 0.6 is 0 Å². The molecule has 0 aliphatic carbocycles. The lowest BCUT2D eigenvalue weighted by Gasteiger charge is -1.97. The second kappa shape index (κ2) is 3.70. The minimum Gasteiger partial charge on any atom is -0.368 e. The van der Waals surface area contributed by atoms with Crippen molar-refractivity contribution in [2.24, 2.45) is 12.8 Å². The standard InChI is InChI=1S/C7H10N4O2/c1-11-3-5(10-4-11)7(13)9-2-6(8)12/h3-4H,2H2,1H3,(H2,8,12)(H,9,13). The second-order valence-electron chi connectivity index (χ2n) is 2.57. The van der Waals surface area contributed by atoms with Crippen molar-refractivity contribution >= 4 is 11.8 Å². The van der Waals surface area contributed by atoms with Crippen LogP contribution in [0.4, 0.5) is 0 Å². The van der Waals surface area contributed by atoms with Gasteiger partial charge in [-0.15, -0.1) is 0 Å². The number of rotatable bonds is 3. The van der Waals surface area contributed by atoms with Crippen molar-refractivity contribution in [1.29, 1.82) is 0 Å². The summed E-state index contributed by atoms with van der Waals surface area (Å²) in [5.41, 5.74) is 5.11. The van der Waals surface area contributed by atoms with Gasteiger partial charge in [0.05, 0.1) is 12.9 Å². The molecular formula is C7H10N4O2. The Bertz CT molecular complexity index is 331. The van der Waals surface area contributed by atoms with Crippen LogP contribution in [0, 0.1) is 0 Å². The fourth-order valence-corrected chi connectivity index (χ4v) is 0.788. The van der Waals surface area contributed by atoms with E-state index in [9.17, 15) is 9.59 Å². The van der Waals surface area contributed by atoms with Gasteiger partial charge in [-0.2, -0.15) is 0 Å². The van der Waals surface area contributed by atoms with Gasteiger partial charge in [0.25, 0.3) is 5.91 Å². The molecule has 0 spiro atoms. The number of nitrogens with two attached hydrogens (primary N) is 1. The fourth-order valence-electron chi connectivity index (χ4n) is 0.788. The lowest BCUT2D eigenvalue weighted by Crippen LogP contribution is -2.33. The van der Waals surface area contributed by atoms with E-state index >= 15 is 0 Å². The Morgan fingerprint density at radius 2 is 2.38 bits per heavy atom. The lowest BCUT2D eigenvalue weighted by molar-refractivity contribution is -0.117. The average Bonchev–Trinajstić information content (AvgIpc) is 2.47. The van der Waals surface area contributed by atoms with Crippen molar-refractivity contribution in [3.8, 4) is 0 Å². The Morgan fingerprint density at radius 1 is 1.69 bits per heavy atom. The number of aromatic nitrogens is 2. The highest BCUT2D eigenvalue weighted by molar-refractivity contribution is 5.94. The molecule has 0 aromatic carbocycles. The molecule has 0 saturated carbocycles. The number of primary amides is 1. The molecule has 1 aromatic heterocycles. The van der Waals surface area contributed by atoms with Gasteiger partial charge in [0.2, 0.25) is 5.91 Å². The molecule has 70 valence electrons. The molecule has 6 heteroatoms. The summed E-state index contributed by atoms with van der Waals surface area (Å²) in [4.78, 5) is 25.3. The van der Waals surface area contributed by atoms with E-state index in [1.54, 1.807) is 17.8 Å². The molecule has 0 bridgehead atoms. The summed E-state index contributed by atoms with van der Waals surface area (Å²) in [6.07, 6.45) is 3.05. The topological polar surface area (TPSA) is 90.0 Å². The first-order valence-corrected chi connectivity index (χ1v) is 3.64. The Balaban J connectivity index is 2.54. The van der Waals surface area contributed by atoms with Gasteiger partial charge in [-0.3, -0.25) is 9.59 Å². The minimum atomic E-state index is -0.579. The molecule has 1 heterocycles. The predicted octanol–water partition coefficient (Wildman–Crippen LogP) is -1.36. The van der Waals surface area contributed by atoms with Gasteiger partial charge in [-0.25, -0.2) is 4.98 Å². The summed E-state index contributed by atoms with van der Waals surface area (Å²) < 4.78 is 1.64. The monoisotopic (exact) mass is 182 g/mol. The van der Waals surface area contributed by atoms with Gasteiger partial charge in [0.15, 0.2) is 0 Å². The van der Waals surface area contributed by atoms with E-state index in [0.717, 1.165) is 0 Å². The fraction of sp³-hybridized carbons (Fsp3) is 0.286. The highest BCUT2D eigenvalue weighted by Crippen LogP contribution is 1.92. The maximum Gasteiger partial charge on any atom is 0.271 e. The SMILES string of the molecule is Cn1cnc(C(=O)NCC(N)=O)c1. The van der Waals surface area contributed by atoms with E-state index in [2.05, 4.69) is 10.3 Å². The maximum atomic E-state index is 11.2. The molecule has 0 fully saturated rings. The largest absolute Gasteiger partial charge is 0.368 e. The average molecular weight is 182 g/mol. The highest BCUT2D eigenvalue weighted by Gasteiger charge is 2.08. The van der Waals surface area contributed by atoms with Gasteiger partial charge >= 0.3 is 0 Å². The minimum absolute atomic E-state index is 0.171. The Morgan fingerprint density at radius 3 is 2.85 bits per heavy atom. The number of aryl methyl sites for hydroxylation is 1. The number of imidazole rings is 1. The first kappa shape index (κ1) is 9.24. The number of nitrogens with zero attached hydrogens (tertiary/aromatic N) is 2. The zero-order chi connectivity index (χ0) is 9.84. The summed E-state index contributed by atoms with van der Waals surface area (Å²) in [6.45, 7) is -0.171. The van der Waals surface area contributed by atoms with Crippen LogP contribution in [0.3, 0.4) is 0 Å². The summed E-state index contributed by atoms with van der Waals surface area (Å²) in [7, 11) is 1.75. The normalized spacial score (nSPS) is 9.62. The molecule has 0 aliphatic heterocycles. The van der Waals surface area contributed by atoms with E-state index in [1.165, 1.54) is 6.33 Å². The molecule has 0 saturated heterocycles. The van der Waals surface area contributed by atoms with E-state index in [1.807, 2.05) is 0 Å². The van der Waals surface area contributed by atoms with E-state index in [-0.39, 0.29) is 12.2 Å². The third kappa shape index (κ3) is 2.58. The zero-order valence-electron chi connectivity index (χ0n) is 7.15. The van der Waals surface area contributed by atoms with Crippen molar-refractivity contribution in [2.75, 3.05) is 6.54 Å². The summed E-state index contributed by atoms with van der Waals surface area (Å²) >= 11 is 0. The molecule has 2 amide bonds. The predicted molar refractivity (Wildman–Crippen MR) is 44.7 cm³/mol. The number of amides is 2. The number of hydrogen-bond acceptors (Lipinski definition) is 3. The third-order valence-corrected chi connectivity index (χ3v) is 1.36. The Hall–Kier alpha value is -1.85. The molecule has 3 N–H and O–H groups in total. The van der Waals surface area contributed by atoms with Gasteiger partial charge in [0.1, 0.15) is 5.69 Å². The second-order valence-corrected chi connectivity index (χ2v) is 2.57. The molecule has 1 rings (SSSR count). The van der Waals surface area contributed by atoms with Crippen molar-refractivity contribution in [2.45, 2.75) is 0 Å². The van der Waals surface area contributed by atoms with Crippen LogP contribution in [0.2, 0.25) is 0 Å². The molecular weight excluding hydrogens is 172 g/mol. The molecule has 6 nitrogen and oxygen atoms in total. The Kier molecular flexibility index (Phi) is 2.63. The van der Waals surface area contributed by atoms with Crippen LogP contribution in [0.5, 0.6) is 0 Å². The quantitative estimate of drug-likeness (QED) is 0.604. The van der Waals surface area contributed by atoms with Gasteiger partial charge in [-0.1, -0.05) is 0 Å². The zero-order valence-corrected chi connectivity index (χ0v) is 7.15. The summed E-state index contributed by atoms with van der Waals surface area (Å²) in [5.74, 6) is -0.983. The van der Waals surface area contributed by atoms with Crippen molar-refractivity contribution in [3.05, 3.63) is 18.2 Å². The van der Waals surface area contributed by atoms with Crippen LogP contribution in [0.1, 0.15) is 10.5 Å². The first-order valence-electron chi connectivity index (χ1n) is 3.64. The maximum absolute atomic E-state index is 11.2. The van der Waals surface area contributed by atoms with E-state index in [0.29, 0.717) is 0 Å².